The topological polar surface area (TPSA) is 0 Å². The molecule has 0 nitrogen and oxygen atoms in total. The van der Waals surface area contributed by atoms with Crippen molar-refractivity contribution in [2.75, 3.05) is 0 Å². The maximum Gasteiger partial charge on any atom is 0.121 e. The van der Waals surface area contributed by atoms with E-state index in [-0.39, 0.29) is 0 Å². The Morgan fingerprint density at radius 1 is 0.265 bits per heavy atom. The molecular formula is C30H22Si4. The summed E-state index contributed by atoms with van der Waals surface area (Å²) < 4.78 is 0. The van der Waals surface area contributed by atoms with Gasteiger partial charge in [0.15, 0.2) is 0 Å². The van der Waals surface area contributed by atoms with Crippen molar-refractivity contribution in [2.45, 2.75) is 0 Å². The average Bonchev–Trinajstić information content (AvgIpc) is 2.90. The highest BCUT2D eigenvalue weighted by molar-refractivity contribution is 6.88. The van der Waals surface area contributed by atoms with Crippen LogP contribution in [0.3, 0.4) is 0 Å². The van der Waals surface area contributed by atoms with E-state index in [9.17, 15) is 0 Å². The van der Waals surface area contributed by atoms with E-state index in [1.165, 1.54) is 41.5 Å². The highest BCUT2D eigenvalue weighted by Crippen LogP contribution is 1.89. The third-order valence-corrected chi connectivity index (χ3v) is 11.5. The van der Waals surface area contributed by atoms with E-state index in [4.69, 9.17) is 0 Å². The molecule has 4 heteroatoms. The fourth-order valence-electron chi connectivity index (χ4n) is 3.76. The van der Waals surface area contributed by atoms with E-state index in [1.807, 2.05) is 0 Å². The van der Waals surface area contributed by atoms with Crippen LogP contribution in [0.4, 0.5) is 0 Å². The van der Waals surface area contributed by atoms with E-state index < -0.39 is 0 Å². The highest BCUT2D eigenvalue weighted by Gasteiger charge is 2.17. The van der Waals surface area contributed by atoms with Gasteiger partial charge in [-0.1, -0.05) is 175 Å². The van der Waals surface area contributed by atoms with Crippen LogP contribution in [0.25, 0.3) is 0 Å². The van der Waals surface area contributed by atoms with Crippen molar-refractivity contribution in [3.63, 3.8) is 0 Å². The van der Waals surface area contributed by atoms with Gasteiger partial charge in [-0.3, -0.25) is 0 Å². The van der Waals surface area contributed by atoms with Crippen LogP contribution in [0, 0.1) is 0 Å². The molecule has 158 valence electrons. The van der Waals surface area contributed by atoms with Gasteiger partial charge >= 0.3 is 0 Å². The van der Waals surface area contributed by atoms with E-state index in [0.717, 1.165) is 0 Å². The number of hydrogen-bond donors (Lipinski definition) is 0. The van der Waals surface area contributed by atoms with Gasteiger partial charge in [0.25, 0.3) is 0 Å². The second-order valence-electron chi connectivity index (χ2n) is 7.87. The largest absolute Gasteiger partial charge is 0.121 e. The Hall–Kier alpha value is -3.03. The number of benzene rings is 5. The van der Waals surface area contributed by atoms with Crippen molar-refractivity contribution in [3.05, 3.63) is 133 Å². The average molecular weight is 495 g/mol. The molecule has 0 atom stereocenters. The molecule has 5 aromatic rings. The minimum absolute atomic E-state index is 0.653. The fraction of sp³-hybridized carbons (Fsp3) is 0. The normalized spacial score (nSPS) is 10.8. The Morgan fingerprint density at radius 2 is 0.529 bits per heavy atom. The Bertz CT molecular complexity index is 1220. The summed E-state index contributed by atoms with van der Waals surface area (Å²) in [6, 6.07) is 48.6. The van der Waals surface area contributed by atoms with Crippen molar-refractivity contribution in [2.24, 2.45) is 0 Å². The van der Waals surface area contributed by atoms with Crippen molar-refractivity contribution in [1.82, 2.24) is 0 Å². The summed E-state index contributed by atoms with van der Waals surface area (Å²) in [6.07, 6.45) is 0. The molecule has 0 saturated heterocycles. The third kappa shape index (κ3) is 5.90. The quantitative estimate of drug-likeness (QED) is 0.272. The smallest absolute Gasteiger partial charge is 0.0634 e. The van der Waals surface area contributed by atoms with Gasteiger partial charge in [-0.2, -0.15) is 0 Å². The molecular weight excluding hydrogens is 473 g/mol. The predicted octanol–water partition coefficient (Wildman–Crippen LogP) is 0.307. The summed E-state index contributed by atoms with van der Waals surface area (Å²) in [4.78, 5) is 0. The summed E-state index contributed by atoms with van der Waals surface area (Å²) in [5.74, 6) is 0. The lowest BCUT2D eigenvalue weighted by Crippen LogP contribution is -2.61. The fourth-order valence-corrected chi connectivity index (χ4v) is 9.56. The molecule has 5 aromatic carbocycles. The minimum atomic E-state index is 0.653. The molecule has 0 spiro atoms. The van der Waals surface area contributed by atoms with Crippen LogP contribution in [-0.4, -0.2) is 38.1 Å². The number of hydrogen-bond acceptors (Lipinski definition) is 0. The molecule has 0 aromatic heterocycles. The molecule has 0 unspecified atom stereocenters. The number of rotatable bonds is 8. The first-order chi connectivity index (χ1) is 16.8. The standard InChI is InChI=1S/C30H22Si4/c1-5-13-23(14-6-1)31-27-21-22-28(32-24-15-7-2-8-16-24)30(34-26-19-11-4-12-20-26)29(27)33-25-17-9-3-10-18-25/h1-22H. The molecule has 0 amide bonds. The highest BCUT2D eigenvalue weighted by atomic mass is 28.2. The SMILES string of the molecule is c1ccc([Si]c2ccc([Si]c3ccccc3)c([Si]c3ccccc3)c2[Si]c2ccccc2)cc1. The molecule has 0 aliphatic heterocycles. The zero-order valence-electron chi connectivity index (χ0n) is 18.7. The van der Waals surface area contributed by atoms with E-state index in [2.05, 4.69) is 133 Å². The second kappa shape index (κ2) is 11.4. The molecule has 8 radical (unpaired) electrons. The van der Waals surface area contributed by atoms with Gasteiger partial charge in [0.1, 0.15) is 38.1 Å². The summed E-state index contributed by atoms with van der Waals surface area (Å²) >= 11 is 0. The Labute approximate surface area is 212 Å². The molecule has 34 heavy (non-hydrogen) atoms. The van der Waals surface area contributed by atoms with Gasteiger partial charge < -0.3 is 0 Å². The van der Waals surface area contributed by atoms with Gasteiger partial charge in [0, 0.05) is 0 Å². The first kappa shape index (κ1) is 22.7. The van der Waals surface area contributed by atoms with E-state index in [0.29, 0.717) is 38.1 Å². The van der Waals surface area contributed by atoms with E-state index in [1.54, 1.807) is 0 Å². The summed E-state index contributed by atoms with van der Waals surface area (Å²) in [5, 5.41) is 11.6. The minimum Gasteiger partial charge on any atom is -0.0634 e. The molecule has 0 fully saturated rings. The Kier molecular flexibility index (Phi) is 7.63. The van der Waals surface area contributed by atoms with Gasteiger partial charge in [-0.15, -0.1) is 0 Å². The first-order valence-corrected chi connectivity index (χ1v) is 15.3. The molecule has 0 aliphatic rings. The monoisotopic (exact) mass is 494 g/mol. The maximum atomic E-state index is 2.40. The van der Waals surface area contributed by atoms with Crippen LogP contribution in [0.5, 0.6) is 0 Å². The maximum absolute atomic E-state index is 2.40. The molecule has 0 aliphatic carbocycles. The van der Waals surface area contributed by atoms with Crippen molar-refractivity contribution < 1.29 is 0 Å². The van der Waals surface area contributed by atoms with Crippen molar-refractivity contribution >= 4 is 79.6 Å². The van der Waals surface area contributed by atoms with Crippen LogP contribution in [0.1, 0.15) is 0 Å². The van der Waals surface area contributed by atoms with Gasteiger partial charge in [-0.05, 0) is 0 Å². The van der Waals surface area contributed by atoms with Crippen LogP contribution in [0.15, 0.2) is 133 Å². The zero-order chi connectivity index (χ0) is 23.0. The zero-order valence-corrected chi connectivity index (χ0v) is 22.7. The summed E-state index contributed by atoms with van der Waals surface area (Å²) in [7, 11) is 2.63. The van der Waals surface area contributed by atoms with Gasteiger partial charge in [0.2, 0.25) is 0 Å². The van der Waals surface area contributed by atoms with Crippen molar-refractivity contribution in [3.8, 4) is 0 Å². The third-order valence-electron chi connectivity index (χ3n) is 5.40. The second-order valence-corrected chi connectivity index (χ2v) is 13.3. The lowest BCUT2D eigenvalue weighted by molar-refractivity contribution is 1.76. The predicted molar refractivity (Wildman–Crippen MR) is 152 cm³/mol. The van der Waals surface area contributed by atoms with Crippen molar-refractivity contribution in [1.29, 1.82) is 0 Å². The summed E-state index contributed by atoms with van der Waals surface area (Å²) in [6.45, 7) is 0. The van der Waals surface area contributed by atoms with Gasteiger partial charge in [0.05, 0.1) is 0 Å². The van der Waals surface area contributed by atoms with Gasteiger partial charge in [-0.25, -0.2) is 0 Å². The Balaban J connectivity index is 1.63. The molecule has 0 N–H and O–H groups in total. The molecule has 0 bridgehead atoms. The van der Waals surface area contributed by atoms with Crippen LogP contribution >= 0.6 is 0 Å². The molecule has 0 heterocycles. The molecule has 0 saturated carbocycles. The van der Waals surface area contributed by atoms with Crippen LogP contribution in [-0.2, 0) is 0 Å². The lowest BCUT2D eigenvalue weighted by atomic mass is 10.3. The summed E-state index contributed by atoms with van der Waals surface area (Å²) in [5.41, 5.74) is 0. The van der Waals surface area contributed by atoms with Crippen LogP contribution in [0.2, 0.25) is 0 Å². The lowest BCUT2D eigenvalue weighted by Gasteiger charge is -2.19. The molecule has 5 rings (SSSR count). The van der Waals surface area contributed by atoms with E-state index >= 15 is 0 Å². The first-order valence-electron chi connectivity index (χ1n) is 11.3. The van der Waals surface area contributed by atoms with Crippen LogP contribution < -0.4 is 41.5 Å². The Morgan fingerprint density at radius 3 is 0.824 bits per heavy atom.